The van der Waals surface area contributed by atoms with Crippen LogP contribution in [0.5, 0.6) is 5.75 Å². The lowest BCUT2D eigenvalue weighted by atomic mass is 9.76. The molecule has 0 amide bonds. The number of phenols is 1. The van der Waals surface area contributed by atoms with Crippen LogP contribution in [-0.4, -0.2) is 5.11 Å². The number of aromatic hydroxyl groups is 1. The third-order valence-electron chi connectivity index (χ3n) is 3.61. The summed E-state index contributed by atoms with van der Waals surface area (Å²) in [7, 11) is 0. The van der Waals surface area contributed by atoms with Gasteiger partial charge in [-0.2, -0.15) is 0 Å². The standard InChI is InChI=1S/C16H20O/c1-12-7-6-9-14(12)16(2,3)11-13-8-4-5-10-15(13)17/h4-8,10,17H,9,11H2,1-3H3. The molecule has 0 atom stereocenters. The van der Waals surface area contributed by atoms with Crippen molar-refractivity contribution >= 4 is 0 Å². The number of para-hydroxylation sites is 1. The Morgan fingerprint density at radius 2 is 1.94 bits per heavy atom. The second-order valence-corrected chi connectivity index (χ2v) is 5.46. The van der Waals surface area contributed by atoms with Crippen molar-refractivity contribution in [3.05, 3.63) is 53.1 Å². The van der Waals surface area contributed by atoms with Gasteiger partial charge in [0.05, 0.1) is 0 Å². The predicted octanol–water partition coefficient (Wildman–Crippen LogP) is 4.24. The zero-order chi connectivity index (χ0) is 12.5. The van der Waals surface area contributed by atoms with E-state index >= 15 is 0 Å². The van der Waals surface area contributed by atoms with Gasteiger partial charge in [-0.25, -0.2) is 0 Å². The Morgan fingerprint density at radius 3 is 2.53 bits per heavy atom. The number of rotatable bonds is 3. The largest absolute Gasteiger partial charge is 0.508 e. The molecular formula is C16H20O. The SMILES string of the molecule is CC1=C(C(C)(C)Cc2ccccc2O)CC=C1. The number of allylic oxidation sites excluding steroid dienone is 4. The van der Waals surface area contributed by atoms with E-state index in [0.29, 0.717) is 5.75 Å². The Kier molecular flexibility index (Phi) is 3.10. The molecule has 1 N–H and O–H groups in total. The third-order valence-corrected chi connectivity index (χ3v) is 3.61. The lowest BCUT2D eigenvalue weighted by Crippen LogP contribution is -2.18. The van der Waals surface area contributed by atoms with Gasteiger partial charge >= 0.3 is 0 Å². The van der Waals surface area contributed by atoms with E-state index in [1.165, 1.54) is 11.1 Å². The zero-order valence-corrected chi connectivity index (χ0v) is 10.8. The lowest BCUT2D eigenvalue weighted by molar-refractivity contribution is 0.412. The molecule has 1 heteroatoms. The molecule has 0 aromatic heterocycles. The molecule has 0 unspecified atom stereocenters. The molecule has 1 aromatic rings. The van der Waals surface area contributed by atoms with Crippen molar-refractivity contribution in [3.63, 3.8) is 0 Å². The first-order chi connectivity index (χ1) is 8.00. The van der Waals surface area contributed by atoms with E-state index in [1.807, 2.05) is 18.2 Å². The van der Waals surface area contributed by atoms with Crippen molar-refractivity contribution in [2.24, 2.45) is 5.41 Å². The zero-order valence-electron chi connectivity index (χ0n) is 10.8. The van der Waals surface area contributed by atoms with Crippen molar-refractivity contribution in [1.29, 1.82) is 0 Å². The Morgan fingerprint density at radius 1 is 1.24 bits per heavy atom. The molecule has 90 valence electrons. The summed E-state index contributed by atoms with van der Waals surface area (Å²) < 4.78 is 0. The highest BCUT2D eigenvalue weighted by Gasteiger charge is 2.26. The first kappa shape index (κ1) is 12.0. The van der Waals surface area contributed by atoms with Gasteiger partial charge in [0, 0.05) is 0 Å². The van der Waals surface area contributed by atoms with Gasteiger partial charge in [0.15, 0.2) is 0 Å². The summed E-state index contributed by atoms with van der Waals surface area (Å²) in [5.41, 5.74) is 4.00. The summed E-state index contributed by atoms with van der Waals surface area (Å²) in [6.45, 7) is 6.68. The Hall–Kier alpha value is -1.50. The normalized spacial score (nSPS) is 15.7. The van der Waals surface area contributed by atoms with E-state index in [9.17, 15) is 5.11 Å². The highest BCUT2D eigenvalue weighted by atomic mass is 16.3. The Labute approximate surface area is 103 Å². The van der Waals surface area contributed by atoms with Crippen LogP contribution in [0.25, 0.3) is 0 Å². The van der Waals surface area contributed by atoms with Gasteiger partial charge in [0.25, 0.3) is 0 Å². The molecule has 1 aromatic carbocycles. The highest BCUT2D eigenvalue weighted by molar-refractivity contribution is 5.39. The fraction of sp³-hybridized carbons (Fsp3) is 0.375. The van der Waals surface area contributed by atoms with Crippen LogP contribution in [-0.2, 0) is 6.42 Å². The molecule has 0 aliphatic heterocycles. The summed E-state index contributed by atoms with van der Waals surface area (Å²) >= 11 is 0. The van der Waals surface area contributed by atoms with Gasteiger partial charge < -0.3 is 5.11 Å². The summed E-state index contributed by atoms with van der Waals surface area (Å²) in [6, 6.07) is 7.63. The summed E-state index contributed by atoms with van der Waals surface area (Å²) in [5, 5.41) is 9.85. The quantitative estimate of drug-likeness (QED) is 0.820. The molecule has 0 bridgehead atoms. The van der Waals surface area contributed by atoms with Gasteiger partial charge in [-0.1, -0.05) is 55.3 Å². The second-order valence-electron chi connectivity index (χ2n) is 5.46. The van der Waals surface area contributed by atoms with Gasteiger partial charge in [0.1, 0.15) is 5.75 Å². The fourth-order valence-corrected chi connectivity index (χ4v) is 2.67. The summed E-state index contributed by atoms with van der Waals surface area (Å²) in [5.74, 6) is 0.407. The summed E-state index contributed by atoms with van der Waals surface area (Å²) in [6.07, 6.45) is 6.35. The molecule has 0 heterocycles. The topological polar surface area (TPSA) is 20.2 Å². The first-order valence-electron chi connectivity index (χ1n) is 6.14. The van der Waals surface area contributed by atoms with Crippen LogP contribution in [0.2, 0.25) is 0 Å². The van der Waals surface area contributed by atoms with Crippen molar-refractivity contribution < 1.29 is 5.11 Å². The molecule has 1 aliphatic rings. The maximum absolute atomic E-state index is 9.85. The highest BCUT2D eigenvalue weighted by Crippen LogP contribution is 2.39. The van der Waals surface area contributed by atoms with Gasteiger partial charge in [-0.3, -0.25) is 0 Å². The van der Waals surface area contributed by atoms with Crippen molar-refractivity contribution in [2.45, 2.75) is 33.6 Å². The number of hydrogen-bond acceptors (Lipinski definition) is 1. The predicted molar refractivity (Wildman–Crippen MR) is 72.0 cm³/mol. The van der Waals surface area contributed by atoms with Gasteiger partial charge in [0.2, 0.25) is 0 Å². The van der Waals surface area contributed by atoms with Gasteiger partial charge in [-0.15, -0.1) is 0 Å². The molecule has 0 fully saturated rings. The molecule has 1 nitrogen and oxygen atoms in total. The van der Waals surface area contributed by atoms with E-state index in [-0.39, 0.29) is 5.41 Å². The number of phenolic OH excluding ortho intramolecular Hbond substituents is 1. The maximum atomic E-state index is 9.85. The number of hydrogen-bond donors (Lipinski definition) is 1. The van der Waals surface area contributed by atoms with E-state index in [1.54, 1.807) is 6.07 Å². The third kappa shape index (κ3) is 2.44. The van der Waals surface area contributed by atoms with E-state index < -0.39 is 0 Å². The molecule has 0 saturated carbocycles. The Bertz CT molecular complexity index is 478. The van der Waals surface area contributed by atoms with Crippen molar-refractivity contribution in [2.75, 3.05) is 0 Å². The monoisotopic (exact) mass is 228 g/mol. The van der Waals surface area contributed by atoms with E-state index in [2.05, 4.69) is 32.9 Å². The average molecular weight is 228 g/mol. The molecule has 0 saturated heterocycles. The van der Waals surface area contributed by atoms with Crippen LogP contribution in [0.1, 0.15) is 32.8 Å². The minimum atomic E-state index is 0.104. The number of benzene rings is 1. The minimum Gasteiger partial charge on any atom is -0.508 e. The van der Waals surface area contributed by atoms with Crippen LogP contribution < -0.4 is 0 Å². The van der Waals surface area contributed by atoms with Crippen molar-refractivity contribution in [1.82, 2.24) is 0 Å². The van der Waals surface area contributed by atoms with E-state index in [4.69, 9.17) is 0 Å². The molecule has 0 radical (unpaired) electrons. The second kappa shape index (κ2) is 4.40. The van der Waals surface area contributed by atoms with Crippen LogP contribution in [0.15, 0.2) is 47.6 Å². The van der Waals surface area contributed by atoms with Crippen molar-refractivity contribution in [3.8, 4) is 5.75 Å². The smallest absolute Gasteiger partial charge is 0.118 e. The molecule has 1 aliphatic carbocycles. The maximum Gasteiger partial charge on any atom is 0.118 e. The molecule has 17 heavy (non-hydrogen) atoms. The van der Waals surface area contributed by atoms with Crippen LogP contribution in [0, 0.1) is 5.41 Å². The molecular weight excluding hydrogens is 208 g/mol. The summed E-state index contributed by atoms with van der Waals surface area (Å²) in [4.78, 5) is 0. The van der Waals surface area contributed by atoms with Crippen LogP contribution in [0.4, 0.5) is 0 Å². The minimum absolute atomic E-state index is 0.104. The van der Waals surface area contributed by atoms with Crippen LogP contribution >= 0.6 is 0 Å². The molecule has 2 rings (SSSR count). The Balaban J connectivity index is 2.24. The average Bonchev–Trinajstić information content (AvgIpc) is 2.68. The fourth-order valence-electron chi connectivity index (χ4n) is 2.67. The lowest BCUT2D eigenvalue weighted by Gasteiger charge is -2.28. The van der Waals surface area contributed by atoms with E-state index in [0.717, 1.165) is 18.4 Å². The first-order valence-corrected chi connectivity index (χ1v) is 6.14. The van der Waals surface area contributed by atoms with Gasteiger partial charge in [-0.05, 0) is 36.8 Å². The molecule has 0 spiro atoms. The van der Waals surface area contributed by atoms with Crippen LogP contribution in [0.3, 0.4) is 0 Å².